The highest BCUT2D eigenvalue weighted by atomic mass is 16.2. The number of fused-ring (bicyclic) bond motifs is 1. The van der Waals surface area contributed by atoms with Gasteiger partial charge >= 0.3 is 0 Å². The van der Waals surface area contributed by atoms with E-state index in [-0.39, 0.29) is 47.9 Å². The van der Waals surface area contributed by atoms with Gasteiger partial charge in [0, 0.05) is 36.8 Å². The first-order valence-corrected chi connectivity index (χ1v) is 11.1. The molecule has 0 N–H and O–H groups in total. The van der Waals surface area contributed by atoms with Gasteiger partial charge in [0.05, 0.1) is 12.1 Å². The zero-order valence-corrected chi connectivity index (χ0v) is 17.8. The van der Waals surface area contributed by atoms with E-state index in [4.69, 9.17) is 0 Å². The van der Waals surface area contributed by atoms with E-state index >= 15 is 0 Å². The molecule has 2 aliphatic heterocycles. The van der Waals surface area contributed by atoms with Crippen LogP contribution < -0.4 is 0 Å². The molecule has 1 aromatic carbocycles. The number of benzene rings is 1. The van der Waals surface area contributed by atoms with Crippen molar-refractivity contribution >= 4 is 11.8 Å². The van der Waals surface area contributed by atoms with E-state index in [0.29, 0.717) is 0 Å². The molecule has 30 heavy (non-hydrogen) atoms. The van der Waals surface area contributed by atoms with Gasteiger partial charge in [-0.2, -0.15) is 5.10 Å². The Morgan fingerprint density at radius 1 is 1.10 bits per heavy atom. The Morgan fingerprint density at radius 2 is 1.83 bits per heavy atom. The van der Waals surface area contributed by atoms with Crippen LogP contribution >= 0.6 is 0 Å². The fraction of sp³-hybridized carbons (Fsp3) is 0.542. The molecule has 6 nitrogen and oxygen atoms in total. The first kappa shape index (κ1) is 19.3. The van der Waals surface area contributed by atoms with Crippen LogP contribution in [-0.4, -0.2) is 55.6 Å². The zero-order valence-electron chi connectivity index (χ0n) is 17.8. The average Bonchev–Trinajstić information content (AvgIpc) is 3.33. The minimum atomic E-state index is -0.0262. The van der Waals surface area contributed by atoms with Crippen molar-refractivity contribution in [1.29, 1.82) is 0 Å². The van der Waals surface area contributed by atoms with E-state index in [9.17, 15) is 9.59 Å². The Labute approximate surface area is 177 Å². The van der Waals surface area contributed by atoms with Crippen LogP contribution in [0.15, 0.2) is 48.8 Å². The smallest absolute Gasteiger partial charge is 0.244 e. The predicted molar refractivity (Wildman–Crippen MR) is 113 cm³/mol. The third-order valence-corrected chi connectivity index (χ3v) is 7.75. The minimum absolute atomic E-state index is 0.0210. The second-order valence-electron chi connectivity index (χ2n) is 9.43. The Bertz CT molecular complexity index is 928. The van der Waals surface area contributed by atoms with Gasteiger partial charge in [0.1, 0.15) is 6.54 Å². The van der Waals surface area contributed by atoms with E-state index in [1.807, 2.05) is 30.5 Å². The molecule has 0 spiro atoms. The number of carbonyl (C=O) groups is 2. The summed E-state index contributed by atoms with van der Waals surface area (Å²) in [6.07, 6.45) is 8.44. The number of piperidine rings is 1. The third kappa shape index (κ3) is 2.96. The number of rotatable bonds is 4. The van der Waals surface area contributed by atoms with Crippen LogP contribution in [0.5, 0.6) is 0 Å². The molecule has 5 rings (SSSR count). The number of amides is 2. The summed E-state index contributed by atoms with van der Waals surface area (Å²) in [5, 5.41) is 4.24. The predicted octanol–water partition coefficient (Wildman–Crippen LogP) is 2.88. The fourth-order valence-corrected chi connectivity index (χ4v) is 6.61. The Kier molecular flexibility index (Phi) is 4.68. The highest BCUT2D eigenvalue weighted by Gasteiger charge is 2.64. The largest absolute Gasteiger partial charge is 0.334 e. The van der Waals surface area contributed by atoms with Crippen molar-refractivity contribution in [2.75, 3.05) is 0 Å². The average molecular weight is 407 g/mol. The topological polar surface area (TPSA) is 58.4 Å². The van der Waals surface area contributed by atoms with Crippen LogP contribution in [0.1, 0.15) is 45.1 Å². The number of carbonyl (C=O) groups excluding carboxylic acids is 2. The molecule has 2 saturated heterocycles. The van der Waals surface area contributed by atoms with Crippen molar-refractivity contribution in [2.24, 2.45) is 5.41 Å². The highest BCUT2D eigenvalue weighted by molar-refractivity contribution is 5.79. The van der Waals surface area contributed by atoms with Gasteiger partial charge in [0.2, 0.25) is 11.8 Å². The monoisotopic (exact) mass is 406 g/mol. The van der Waals surface area contributed by atoms with Gasteiger partial charge in [0.25, 0.3) is 0 Å². The zero-order chi connectivity index (χ0) is 20.9. The molecule has 3 heterocycles. The summed E-state index contributed by atoms with van der Waals surface area (Å²) in [7, 11) is 0. The van der Waals surface area contributed by atoms with E-state index in [0.717, 1.165) is 32.1 Å². The van der Waals surface area contributed by atoms with Crippen LogP contribution in [0.3, 0.4) is 0 Å². The molecule has 3 fully saturated rings. The maximum atomic E-state index is 13.5. The van der Waals surface area contributed by atoms with Crippen molar-refractivity contribution in [3.05, 3.63) is 54.4 Å². The number of nitrogens with zero attached hydrogens (tertiary/aromatic N) is 4. The summed E-state index contributed by atoms with van der Waals surface area (Å²) in [5.41, 5.74) is 1.19. The van der Waals surface area contributed by atoms with Crippen LogP contribution in [0.25, 0.3) is 0 Å². The van der Waals surface area contributed by atoms with Crippen molar-refractivity contribution in [3.8, 4) is 0 Å². The lowest BCUT2D eigenvalue weighted by atomic mass is 9.64. The van der Waals surface area contributed by atoms with Crippen molar-refractivity contribution < 1.29 is 9.59 Å². The maximum Gasteiger partial charge on any atom is 0.244 e. The molecule has 5 atom stereocenters. The summed E-state index contributed by atoms with van der Waals surface area (Å²) in [6, 6.07) is 12.7. The van der Waals surface area contributed by atoms with Gasteiger partial charge < -0.3 is 9.80 Å². The van der Waals surface area contributed by atoms with Gasteiger partial charge in [0.15, 0.2) is 0 Å². The molecule has 3 aliphatic rings. The molecule has 0 unspecified atom stereocenters. The van der Waals surface area contributed by atoms with Gasteiger partial charge in [-0.3, -0.25) is 14.3 Å². The van der Waals surface area contributed by atoms with Gasteiger partial charge in [-0.05, 0) is 43.7 Å². The molecule has 2 aromatic rings. The van der Waals surface area contributed by atoms with Crippen LogP contribution in [0.4, 0.5) is 0 Å². The third-order valence-electron chi connectivity index (χ3n) is 7.75. The lowest BCUT2D eigenvalue weighted by Crippen LogP contribution is -2.62. The Morgan fingerprint density at radius 3 is 2.50 bits per heavy atom. The summed E-state index contributed by atoms with van der Waals surface area (Å²) in [5.74, 6) is 0.264. The van der Waals surface area contributed by atoms with E-state index in [2.05, 4.69) is 34.0 Å². The molecule has 2 bridgehead atoms. The van der Waals surface area contributed by atoms with Gasteiger partial charge in [-0.1, -0.05) is 37.3 Å². The van der Waals surface area contributed by atoms with Crippen molar-refractivity contribution in [3.63, 3.8) is 0 Å². The number of likely N-dealkylation sites (tertiary alicyclic amines) is 2. The number of aromatic nitrogens is 2. The van der Waals surface area contributed by atoms with Crippen molar-refractivity contribution in [2.45, 2.75) is 76.7 Å². The second kappa shape index (κ2) is 7.25. The quantitative estimate of drug-likeness (QED) is 0.785. The molecular formula is C24H30N4O2. The Hall–Kier alpha value is -2.63. The molecule has 1 saturated carbocycles. The molecule has 1 aliphatic carbocycles. The first-order valence-electron chi connectivity index (χ1n) is 11.1. The van der Waals surface area contributed by atoms with Crippen LogP contribution in [0, 0.1) is 5.41 Å². The summed E-state index contributed by atoms with van der Waals surface area (Å²) >= 11 is 0. The molecule has 6 heteroatoms. The molecular weight excluding hydrogens is 376 g/mol. The molecule has 158 valence electrons. The van der Waals surface area contributed by atoms with E-state index < -0.39 is 0 Å². The lowest BCUT2D eigenvalue weighted by molar-refractivity contribution is -0.143. The highest BCUT2D eigenvalue weighted by Crippen LogP contribution is 2.56. The first-order chi connectivity index (χ1) is 14.5. The second-order valence-corrected chi connectivity index (χ2v) is 9.43. The fourth-order valence-electron chi connectivity index (χ4n) is 6.61. The molecule has 2 amide bonds. The number of hydrogen-bond donors (Lipinski definition) is 0. The minimum Gasteiger partial charge on any atom is -0.334 e. The Balaban J connectivity index is 1.54. The maximum absolute atomic E-state index is 13.5. The normalized spacial score (nSPS) is 32.3. The van der Waals surface area contributed by atoms with Crippen LogP contribution in [0.2, 0.25) is 0 Å². The molecule has 0 radical (unpaired) electrons. The summed E-state index contributed by atoms with van der Waals surface area (Å²) in [4.78, 5) is 30.7. The van der Waals surface area contributed by atoms with Gasteiger partial charge in [-0.15, -0.1) is 0 Å². The standard InChI is InChI=1S/C24H30N4O2/c1-17(29)27-19(14-18-8-4-3-5-9-18)20-15-24(2)21(27)10-6-11-22(24)28(20)23(30)16-26-13-7-12-25-26/h3-5,7-9,12-13,19-22H,6,10-11,14-16H2,1-2H3/t19-,20-,21+,22-,24+/m0/s1. The van der Waals surface area contributed by atoms with E-state index in [1.165, 1.54) is 5.56 Å². The summed E-state index contributed by atoms with van der Waals surface area (Å²) < 4.78 is 1.71. The lowest BCUT2D eigenvalue weighted by Gasteiger charge is -2.52. The molecule has 1 aromatic heterocycles. The SMILES string of the molecule is CC(=O)N1[C@@H](Cc2ccccc2)[C@@H]2C[C@@]3(C)[C@H](CCC[C@@H]13)N2C(=O)Cn1cccn1. The van der Waals surface area contributed by atoms with E-state index in [1.54, 1.807) is 17.8 Å². The van der Waals surface area contributed by atoms with Crippen molar-refractivity contribution in [1.82, 2.24) is 19.6 Å². The van der Waals surface area contributed by atoms with Gasteiger partial charge in [-0.25, -0.2) is 0 Å². The van der Waals surface area contributed by atoms with Crippen LogP contribution in [-0.2, 0) is 22.6 Å². The summed E-state index contributed by atoms with van der Waals surface area (Å²) in [6.45, 7) is 4.27. The number of hydrogen-bond acceptors (Lipinski definition) is 3.